The highest BCUT2D eigenvalue weighted by atomic mass is 19.1. The number of fused-ring (bicyclic) bond motifs is 1. The Morgan fingerprint density at radius 1 is 1.24 bits per heavy atom. The molecule has 33 heavy (non-hydrogen) atoms. The number of rotatable bonds is 6. The Labute approximate surface area is 193 Å². The van der Waals surface area contributed by atoms with Crippen LogP contribution in [0.25, 0.3) is 10.9 Å². The maximum atomic E-state index is 13.5. The summed E-state index contributed by atoms with van der Waals surface area (Å²) in [5, 5.41) is 10.5. The average Bonchev–Trinajstić information content (AvgIpc) is 3.30. The van der Waals surface area contributed by atoms with Gasteiger partial charge in [0, 0.05) is 60.9 Å². The second kappa shape index (κ2) is 8.80. The van der Waals surface area contributed by atoms with Gasteiger partial charge in [0.15, 0.2) is 0 Å². The highest BCUT2D eigenvalue weighted by Gasteiger charge is 2.38. The molecule has 2 unspecified atom stereocenters. The summed E-state index contributed by atoms with van der Waals surface area (Å²) in [6, 6.07) is 11.8. The van der Waals surface area contributed by atoms with Crippen molar-refractivity contribution in [3.8, 4) is 5.75 Å². The van der Waals surface area contributed by atoms with Crippen LogP contribution in [-0.2, 0) is 6.54 Å². The van der Waals surface area contributed by atoms with Crippen molar-refractivity contribution in [2.24, 2.45) is 0 Å². The molecular weight excluding hydrogens is 421 g/mol. The van der Waals surface area contributed by atoms with Crippen LogP contribution in [0.2, 0.25) is 0 Å². The maximum Gasteiger partial charge on any atom is 0.335 e. The molecule has 2 saturated heterocycles. The number of piperidine rings is 1. The number of carboxylic acids is 1. The van der Waals surface area contributed by atoms with E-state index in [1.807, 2.05) is 18.3 Å². The van der Waals surface area contributed by atoms with Crippen molar-refractivity contribution in [1.82, 2.24) is 14.8 Å². The Morgan fingerprint density at radius 2 is 2.00 bits per heavy atom. The van der Waals surface area contributed by atoms with E-state index in [4.69, 9.17) is 4.74 Å². The fourth-order valence-electron chi connectivity index (χ4n) is 5.45. The van der Waals surface area contributed by atoms with Crippen molar-refractivity contribution < 1.29 is 19.0 Å². The van der Waals surface area contributed by atoms with Gasteiger partial charge in [0.1, 0.15) is 11.9 Å². The first-order valence-corrected chi connectivity index (χ1v) is 11.5. The highest BCUT2D eigenvalue weighted by Crippen LogP contribution is 2.39. The third kappa shape index (κ3) is 4.11. The molecule has 2 atom stereocenters. The second-order valence-corrected chi connectivity index (χ2v) is 9.28. The number of alkyl halides is 1. The van der Waals surface area contributed by atoms with E-state index in [0.29, 0.717) is 19.1 Å². The lowest BCUT2D eigenvalue weighted by atomic mass is 9.88. The highest BCUT2D eigenvalue weighted by molar-refractivity contribution is 5.88. The zero-order chi connectivity index (χ0) is 23.1. The molecule has 0 bridgehead atoms. The molecule has 174 valence electrons. The Balaban J connectivity index is 1.47. The monoisotopic (exact) mass is 451 g/mol. The Morgan fingerprint density at radius 3 is 2.67 bits per heavy atom. The summed E-state index contributed by atoms with van der Waals surface area (Å²) in [7, 11) is 1.71. The van der Waals surface area contributed by atoms with Gasteiger partial charge >= 0.3 is 5.97 Å². The van der Waals surface area contributed by atoms with Crippen molar-refractivity contribution in [3.05, 3.63) is 64.8 Å². The quantitative estimate of drug-likeness (QED) is 0.576. The van der Waals surface area contributed by atoms with Gasteiger partial charge in [-0.15, -0.1) is 0 Å². The Bertz CT molecular complexity index is 1150. The molecule has 2 fully saturated rings. The van der Waals surface area contributed by atoms with Gasteiger partial charge in [-0.25, -0.2) is 9.18 Å². The topological polar surface area (TPSA) is 68.8 Å². The number of ether oxygens (including phenoxy) is 1. The molecule has 0 spiro atoms. The average molecular weight is 452 g/mol. The van der Waals surface area contributed by atoms with Gasteiger partial charge < -0.3 is 14.8 Å². The van der Waals surface area contributed by atoms with Crippen LogP contribution in [0.15, 0.2) is 42.6 Å². The SMILES string of the molecule is COc1cc(C)c2[nH]ccc2c1CN1CCC(N2CC(F)C2)CC1c1ccc(C(=O)O)cc1. The second-order valence-electron chi connectivity index (χ2n) is 9.28. The van der Waals surface area contributed by atoms with Crippen LogP contribution in [0.3, 0.4) is 0 Å². The van der Waals surface area contributed by atoms with Gasteiger partial charge in [-0.3, -0.25) is 9.80 Å². The lowest BCUT2D eigenvalue weighted by Gasteiger charge is -2.48. The number of hydrogen-bond donors (Lipinski definition) is 2. The minimum absolute atomic E-state index is 0.116. The van der Waals surface area contributed by atoms with E-state index in [9.17, 15) is 14.3 Å². The molecule has 0 radical (unpaired) electrons. The molecule has 2 aliphatic rings. The molecule has 0 aliphatic carbocycles. The molecular formula is C26H30FN3O3. The van der Waals surface area contributed by atoms with E-state index < -0.39 is 12.1 Å². The van der Waals surface area contributed by atoms with Crippen molar-refractivity contribution in [1.29, 1.82) is 0 Å². The summed E-state index contributed by atoms with van der Waals surface area (Å²) in [5.41, 5.74) is 4.80. The normalized spacial score (nSPS) is 22.4. The number of carboxylic acid groups (broad SMARTS) is 1. The van der Waals surface area contributed by atoms with E-state index in [2.05, 4.69) is 33.8 Å². The molecule has 2 N–H and O–H groups in total. The third-order valence-corrected chi connectivity index (χ3v) is 7.30. The number of benzene rings is 2. The molecule has 0 amide bonds. The van der Waals surface area contributed by atoms with Gasteiger partial charge in [0.05, 0.1) is 12.7 Å². The Kier molecular flexibility index (Phi) is 5.85. The predicted octanol–water partition coefficient (Wildman–Crippen LogP) is 4.54. The fourth-order valence-corrected chi connectivity index (χ4v) is 5.45. The fraction of sp³-hybridized carbons (Fsp3) is 0.423. The molecule has 3 aromatic rings. The number of aryl methyl sites for hydroxylation is 1. The lowest BCUT2D eigenvalue weighted by Crippen LogP contribution is -2.56. The lowest BCUT2D eigenvalue weighted by molar-refractivity contribution is -0.0155. The first-order valence-electron chi connectivity index (χ1n) is 11.5. The smallest absolute Gasteiger partial charge is 0.335 e. The minimum Gasteiger partial charge on any atom is -0.496 e. The molecule has 3 heterocycles. The van der Waals surface area contributed by atoms with Crippen LogP contribution >= 0.6 is 0 Å². The number of carbonyl (C=O) groups is 1. The van der Waals surface area contributed by atoms with Gasteiger partial charge in [-0.05, 0) is 55.2 Å². The number of hydrogen-bond acceptors (Lipinski definition) is 4. The number of aromatic nitrogens is 1. The van der Waals surface area contributed by atoms with Gasteiger partial charge in [-0.1, -0.05) is 12.1 Å². The van der Waals surface area contributed by atoms with E-state index >= 15 is 0 Å². The van der Waals surface area contributed by atoms with Crippen LogP contribution in [0.1, 0.15) is 45.9 Å². The zero-order valence-corrected chi connectivity index (χ0v) is 19.1. The number of aromatic amines is 1. The van der Waals surface area contributed by atoms with Crippen LogP contribution in [0, 0.1) is 6.92 Å². The number of nitrogens with one attached hydrogen (secondary N) is 1. The molecule has 6 nitrogen and oxygen atoms in total. The Hall–Kier alpha value is -2.90. The van der Waals surface area contributed by atoms with Crippen molar-refractivity contribution in [3.63, 3.8) is 0 Å². The molecule has 2 aromatic carbocycles. The minimum atomic E-state index is -0.922. The zero-order valence-electron chi connectivity index (χ0n) is 19.1. The summed E-state index contributed by atoms with van der Waals surface area (Å²) >= 11 is 0. The van der Waals surface area contributed by atoms with Crippen LogP contribution in [-0.4, -0.2) is 64.8 Å². The summed E-state index contributed by atoms with van der Waals surface area (Å²) in [5.74, 6) is -0.0431. The number of nitrogens with zero attached hydrogens (tertiary/aromatic N) is 2. The van der Waals surface area contributed by atoms with E-state index in [1.54, 1.807) is 19.2 Å². The molecule has 2 aliphatic heterocycles. The summed E-state index contributed by atoms with van der Waals surface area (Å²) < 4.78 is 19.3. The molecule has 0 saturated carbocycles. The number of H-pyrrole nitrogens is 1. The molecule has 7 heteroatoms. The summed E-state index contributed by atoms with van der Waals surface area (Å²) in [6.45, 7) is 4.72. The third-order valence-electron chi connectivity index (χ3n) is 7.30. The van der Waals surface area contributed by atoms with E-state index in [-0.39, 0.29) is 11.6 Å². The molecule has 1 aromatic heterocycles. The standard InChI is InChI=1S/C26H30FN3O3/c1-16-11-24(33-2)22(21-7-9-28-25(16)21)15-29-10-8-20(30-13-19(27)14-30)12-23(29)17-3-5-18(6-4-17)26(31)32/h3-7,9,11,19-20,23,28H,8,10,12-15H2,1-2H3,(H,31,32). The predicted molar refractivity (Wildman–Crippen MR) is 126 cm³/mol. The largest absolute Gasteiger partial charge is 0.496 e. The van der Waals surface area contributed by atoms with Gasteiger partial charge in [-0.2, -0.15) is 0 Å². The van der Waals surface area contributed by atoms with Gasteiger partial charge in [0.2, 0.25) is 0 Å². The van der Waals surface area contributed by atoms with Crippen LogP contribution in [0.5, 0.6) is 5.75 Å². The first kappa shape index (κ1) is 21.9. The first-order chi connectivity index (χ1) is 15.9. The number of halogens is 1. The van der Waals surface area contributed by atoms with Gasteiger partial charge in [0.25, 0.3) is 0 Å². The van der Waals surface area contributed by atoms with E-state index in [0.717, 1.165) is 59.3 Å². The van der Waals surface area contributed by atoms with Crippen LogP contribution in [0.4, 0.5) is 4.39 Å². The summed E-state index contributed by atoms with van der Waals surface area (Å²) in [4.78, 5) is 19.4. The van der Waals surface area contributed by atoms with Crippen molar-refractivity contribution in [2.45, 2.75) is 44.6 Å². The maximum absolute atomic E-state index is 13.5. The van der Waals surface area contributed by atoms with Crippen molar-refractivity contribution >= 4 is 16.9 Å². The van der Waals surface area contributed by atoms with E-state index in [1.165, 1.54) is 0 Å². The van der Waals surface area contributed by atoms with Crippen molar-refractivity contribution in [2.75, 3.05) is 26.7 Å². The number of aromatic carboxylic acids is 1. The number of likely N-dealkylation sites (tertiary alicyclic amines) is 2. The molecule has 5 rings (SSSR count). The summed E-state index contributed by atoms with van der Waals surface area (Å²) in [6.07, 6.45) is 3.13. The number of methoxy groups -OCH3 is 1. The van der Waals surface area contributed by atoms with Crippen LogP contribution < -0.4 is 4.74 Å².